The van der Waals surface area contributed by atoms with Crippen molar-refractivity contribution in [2.75, 3.05) is 26.4 Å². The van der Waals surface area contributed by atoms with Gasteiger partial charge in [0.2, 0.25) is 0 Å². The Morgan fingerprint density at radius 3 is 1.48 bits per heavy atom. The molecule has 2 aliphatic rings. The Hall–Kier alpha value is -3.06. The number of aliphatic hydroxyl groups excluding tert-OH is 7. The van der Waals surface area contributed by atoms with Crippen LogP contribution >= 0.6 is 0 Å². The van der Waals surface area contributed by atoms with E-state index in [1.54, 1.807) is 0 Å². The molecule has 11 unspecified atom stereocenters. The van der Waals surface area contributed by atoms with Crippen LogP contribution in [-0.4, -0.2) is 142 Å². The minimum Gasteiger partial charge on any atom is -0.462 e. The first-order valence-electron chi connectivity index (χ1n) is 23.5. The minimum absolute atomic E-state index is 0.122. The fourth-order valence-electron chi connectivity index (χ4n) is 6.83. The average Bonchev–Trinajstić information content (AvgIpc) is 3.29. The van der Waals surface area contributed by atoms with Crippen molar-refractivity contribution in [2.45, 2.75) is 197 Å². The van der Waals surface area contributed by atoms with Crippen LogP contribution in [0, 0.1) is 0 Å². The first-order chi connectivity index (χ1) is 31.0. The molecule has 0 bridgehead atoms. The van der Waals surface area contributed by atoms with Gasteiger partial charge in [-0.15, -0.1) is 0 Å². The topological polar surface area (TPSA) is 231 Å². The predicted octanol–water partition coefficient (Wildman–Crippen LogP) is 5.48. The van der Waals surface area contributed by atoms with Gasteiger partial charge in [-0.05, 0) is 77.0 Å². The smallest absolute Gasteiger partial charge is 0.306 e. The van der Waals surface area contributed by atoms with E-state index in [4.69, 9.17) is 28.4 Å². The number of allylic oxidation sites excluding steroid dienone is 12. The number of hydrogen-bond donors (Lipinski definition) is 7. The zero-order valence-corrected chi connectivity index (χ0v) is 38.2. The summed E-state index contributed by atoms with van der Waals surface area (Å²) in [6.45, 7) is 2.27. The monoisotopic (exact) mass is 909 g/mol. The van der Waals surface area contributed by atoms with Crippen LogP contribution in [-0.2, 0) is 38.0 Å². The Bertz CT molecular complexity index is 1390. The highest BCUT2D eigenvalue weighted by Crippen LogP contribution is 2.26. The summed E-state index contributed by atoms with van der Waals surface area (Å²) in [4.78, 5) is 25.7. The van der Waals surface area contributed by atoms with E-state index in [0.717, 1.165) is 89.9 Å². The molecule has 11 atom stereocenters. The summed E-state index contributed by atoms with van der Waals surface area (Å²) in [6.07, 6.45) is 23.7. The number of unbranched alkanes of at least 4 members (excludes halogenated alkanes) is 8. The maximum atomic E-state index is 12.9. The molecule has 15 heteroatoms. The average molecular weight is 909 g/mol. The van der Waals surface area contributed by atoms with Crippen molar-refractivity contribution in [3.63, 3.8) is 0 Å². The van der Waals surface area contributed by atoms with E-state index < -0.39 is 99.3 Å². The van der Waals surface area contributed by atoms with Crippen molar-refractivity contribution in [2.24, 2.45) is 0 Å². The summed E-state index contributed by atoms with van der Waals surface area (Å²) in [5, 5.41) is 71.9. The number of aliphatic hydroxyl groups is 7. The molecule has 2 aliphatic heterocycles. The van der Waals surface area contributed by atoms with Crippen LogP contribution in [0.5, 0.6) is 0 Å². The van der Waals surface area contributed by atoms with Gasteiger partial charge in [0, 0.05) is 12.8 Å². The zero-order chi connectivity index (χ0) is 46.8. The third-order valence-electron chi connectivity index (χ3n) is 10.7. The van der Waals surface area contributed by atoms with Crippen molar-refractivity contribution >= 4 is 11.9 Å². The summed E-state index contributed by atoms with van der Waals surface area (Å²) in [7, 11) is 0. The van der Waals surface area contributed by atoms with Gasteiger partial charge in [-0.25, -0.2) is 0 Å². The highest BCUT2D eigenvalue weighted by molar-refractivity contribution is 5.70. The highest BCUT2D eigenvalue weighted by atomic mass is 16.7. The van der Waals surface area contributed by atoms with Crippen LogP contribution in [0.2, 0.25) is 0 Å². The van der Waals surface area contributed by atoms with E-state index in [-0.39, 0.29) is 19.4 Å². The Morgan fingerprint density at radius 2 is 0.938 bits per heavy atom. The van der Waals surface area contributed by atoms with Crippen LogP contribution in [0.25, 0.3) is 0 Å². The molecule has 0 aromatic carbocycles. The quantitative estimate of drug-likeness (QED) is 0.0241. The molecular weight excluding hydrogens is 829 g/mol. The molecule has 0 aromatic rings. The molecule has 7 N–H and O–H groups in total. The van der Waals surface area contributed by atoms with Crippen LogP contribution in [0.15, 0.2) is 72.9 Å². The van der Waals surface area contributed by atoms with E-state index in [0.29, 0.717) is 12.8 Å². The molecule has 2 fully saturated rings. The normalized spacial score (nSPS) is 27.3. The van der Waals surface area contributed by atoms with Crippen molar-refractivity contribution < 1.29 is 73.8 Å². The lowest BCUT2D eigenvalue weighted by atomic mass is 9.98. The largest absolute Gasteiger partial charge is 0.462 e. The molecule has 0 saturated carbocycles. The number of rotatable bonds is 34. The SMILES string of the molecule is CC/C=C\C/C=C\C/C=C\CCCCCCCC(=O)OCC(COC1OC(COC2OC(CO)C(O)C(O)C2O)C(O)C(O)C1O)OC(=O)CCCCC/C=C\C/C=C\C/C=C\CC. The molecule has 0 amide bonds. The van der Waals surface area contributed by atoms with Crippen molar-refractivity contribution in [1.29, 1.82) is 0 Å². The van der Waals surface area contributed by atoms with E-state index >= 15 is 0 Å². The fourth-order valence-corrected chi connectivity index (χ4v) is 6.83. The number of hydrogen-bond acceptors (Lipinski definition) is 15. The van der Waals surface area contributed by atoms with Crippen LogP contribution in [0.4, 0.5) is 0 Å². The van der Waals surface area contributed by atoms with Crippen LogP contribution in [0.3, 0.4) is 0 Å². The molecule has 15 nitrogen and oxygen atoms in total. The predicted molar refractivity (Wildman–Crippen MR) is 242 cm³/mol. The van der Waals surface area contributed by atoms with Crippen molar-refractivity contribution in [3.05, 3.63) is 72.9 Å². The molecule has 0 aromatic heterocycles. The van der Waals surface area contributed by atoms with Gasteiger partial charge in [0.05, 0.1) is 19.8 Å². The number of carbonyl (C=O) groups is 2. The minimum atomic E-state index is -1.78. The van der Waals surface area contributed by atoms with Gasteiger partial charge in [0.25, 0.3) is 0 Å². The molecule has 2 rings (SSSR count). The highest BCUT2D eigenvalue weighted by Gasteiger charge is 2.47. The lowest BCUT2D eigenvalue weighted by Gasteiger charge is -2.42. The van der Waals surface area contributed by atoms with Crippen LogP contribution < -0.4 is 0 Å². The Balaban J connectivity index is 1.86. The molecule has 0 aliphatic carbocycles. The number of ether oxygens (including phenoxy) is 6. The Kier molecular flexibility index (Phi) is 32.2. The van der Waals surface area contributed by atoms with E-state index in [1.165, 1.54) is 0 Å². The summed E-state index contributed by atoms with van der Waals surface area (Å²) >= 11 is 0. The summed E-state index contributed by atoms with van der Waals surface area (Å²) in [6, 6.07) is 0. The summed E-state index contributed by atoms with van der Waals surface area (Å²) in [5.41, 5.74) is 0. The van der Waals surface area contributed by atoms with Gasteiger partial charge in [-0.2, -0.15) is 0 Å². The second kappa shape index (κ2) is 36.1. The molecule has 0 radical (unpaired) electrons. The van der Waals surface area contributed by atoms with Crippen molar-refractivity contribution in [1.82, 2.24) is 0 Å². The summed E-state index contributed by atoms with van der Waals surface area (Å²) < 4.78 is 33.4. The maximum absolute atomic E-state index is 12.9. The molecule has 366 valence electrons. The molecule has 2 heterocycles. The maximum Gasteiger partial charge on any atom is 0.306 e. The molecule has 2 saturated heterocycles. The lowest BCUT2D eigenvalue weighted by molar-refractivity contribution is -0.332. The standard InChI is InChI=1S/C49H80O15/c1-3-5-7-9-11-13-15-17-18-20-21-23-25-27-29-31-40(51)59-34-37(62-41(52)32-30-28-26-24-22-19-16-14-12-10-8-6-4-2)35-60-48-47(58)45(56)43(54)39(64-48)36-61-49-46(57)44(55)42(53)38(33-50)63-49/h5-8,11-14,17-19,22,37-39,42-50,53-58H,3-4,9-10,15-16,20-21,23-36H2,1-2H3/b7-5-,8-6-,13-11-,14-12-,18-17-,22-19-. The molecular formula is C49H80O15. The second-order valence-corrected chi connectivity index (χ2v) is 16.2. The first-order valence-corrected chi connectivity index (χ1v) is 23.5. The van der Waals surface area contributed by atoms with Crippen LogP contribution in [0.1, 0.15) is 129 Å². The van der Waals surface area contributed by atoms with Gasteiger partial charge in [-0.3, -0.25) is 9.59 Å². The zero-order valence-electron chi connectivity index (χ0n) is 38.2. The van der Waals surface area contributed by atoms with E-state index in [1.807, 2.05) is 0 Å². The van der Waals surface area contributed by atoms with Crippen molar-refractivity contribution in [3.8, 4) is 0 Å². The molecule has 64 heavy (non-hydrogen) atoms. The van der Waals surface area contributed by atoms with Gasteiger partial charge in [0.1, 0.15) is 55.4 Å². The number of carbonyl (C=O) groups excluding carboxylic acids is 2. The Labute approximate surface area is 381 Å². The molecule has 0 spiro atoms. The lowest BCUT2D eigenvalue weighted by Crippen LogP contribution is -2.61. The number of esters is 2. The third kappa shape index (κ3) is 24.5. The summed E-state index contributed by atoms with van der Waals surface area (Å²) in [5.74, 6) is -0.989. The second-order valence-electron chi connectivity index (χ2n) is 16.2. The van der Waals surface area contributed by atoms with Gasteiger partial charge >= 0.3 is 11.9 Å². The van der Waals surface area contributed by atoms with Gasteiger partial charge < -0.3 is 64.2 Å². The van der Waals surface area contributed by atoms with Gasteiger partial charge in [-0.1, -0.05) is 112 Å². The fraction of sp³-hybridized carbons (Fsp3) is 0.714. The van der Waals surface area contributed by atoms with Gasteiger partial charge in [0.15, 0.2) is 18.7 Å². The Morgan fingerprint density at radius 1 is 0.500 bits per heavy atom. The van der Waals surface area contributed by atoms with E-state index in [9.17, 15) is 45.3 Å². The van der Waals surface area contributed by atoms with E-state index in [2.05, 4.69) is 86.8 Å². The first kappa shape index (κ1) is 57.1. The third-order valence-corrected chi connectivity index (χ3v) is 10.7.